The van der Waals surface area contributed by atoms with Crippen LogP contribution >= 0.6 is 31.9 Å². The van der Waals surface area contributed by atoms with E-state index in [-0.39, 0.29) is 15.6 Å². The van der Waals surface area contributed by atoms with Crippen molar-refractivity contribution < 1.29 is 17.6 Å². The summed E-state index contributed by atoms with van der Waals surface area (Å²) in [5.41, 5.74) is -0.534. The maximum absolute atomic E-state index is 13.8. The summed E-state index contributed by atoms with van der Waals surface area (Å²) >= 11 is 5.84. The molecule has 0 aromatic heterocycles. The Bertz CT molecular complexity index is 608. The van der Waals surface area contributed by atoms with Gasteiger partial charge in [0.05, 0.1) is 9.30 Å². The molecule has 2 rings (SSSR count). The summed E-state index contributed by atoms with van der Waals surface area (Å²) in [5.74, 6) is -3.13. The maximum atomic E-state index is 13.8. The van der Waals surface area contributed by atoms with E-state index >= 15 is 0 Å². The summed E-state index contributed by atoms with van der Waals surface area (Å²) in [6, 6.07) is 5.12. The monoisotopic (exact) mass is 396 g/mol. The average molecular weight is 398 g/mol. The van der Waals surface area contributed by atoms with Crippen molar-refractivity contribution in [1.29, 1.82) is 0 Å². The zero-order valence-electron chi connectivity index (χ0n) is 9.23. The van der Waals surface area contributed by atoms with Crippen molar-refractivity contribution in [2.75, 3.05) is 0 Å². The second kappa shape index (κ2) is 5.63. The highest BCUT2D eigenvalue weighted by atomic mass is 79.9. The van der Waals surface area contributed by atoms with Gasteiger partial charge in [0, 0.05) is 11.1 Å². The van der Waals surface area contributed by atoms with Crippen LogP contribution in [0.3, 0.4) is 0 Å². The fraction of sp³-hybridized carbons (Fsp3) is 0.0769. The molecule has 0 N–H and O–H groups in total. The minimum atomic E-state index is -1.11. The van der Waals surface area contributed by atoms with E-state index in [1.54, 1.807) is 0 Å². The maximum Gasteiger partial charge on any atom is 0.137 e. The Hall–Kier alpha value is -0.880. The standard InChI is InChI=1S/C13H6Br2F4/c14-7-5-10(18)6(4-11(7)19)13(15)12-8(16)2-1-3-9(12)17/h1-5,13H. The fourth-order valence-corrected chi connectivity index (χ4v) is 2.74. The SMILES string of the molecule is Fc1cc(C(Br)c2c(F)cccc2F)c(F)cc1Br. The van der Waals surface area contributed by atoms with Crippen molar-refractivity contribution in [1.82, 2.24) is 0 Å². The lowest BCUT2D eigenvalue weighted by Crippen LogP contribution is -2.03. The lowest BCUT2D eigenvalue weighted by molar-refractivity contribution is 0.551. The number of rotatable bonds is 2. The smallest absolute Gasteiger partial charge is 0.137 e. The molecular weight excluding hydrogens is 392 g/mol. The fourth-order valence-electron chi connectivity index (χ4n) is 1.64. The molecule has 0 saturated heterocycles. The predicted octanol–water partition coefficient (Wildman–Crippen LogP) is 5.49. The van der Waals surface area contributed by atoms with E-state index in [0.717, 1.165) is 24.3 Å². The van der Waals surface area contributed by atoms with E-state index in [0.29, 0.717) is 0 Å². The molecule has 6 heteroatoms. The summed E-state index contributed by atoms with van der Waals surface area (Å²) in [5, 5.41) is 0. The molecule has 1 atom stereocenters. The van der Waals surface area contributed by atoms with Crippen LogP contribution in [0.25, 0.3) is 0 Å². The van der Waals surface area contributed by atoms with Crippen molar-refractivity contribution in [3.8, 4) is 0 Å². The Balaban J connectivity index is 2.56. The van der Waals surface area contributed by atoms with E-state index in [2.05, 4.69) is 31.9 Å². The van der Waals surface area contributed by atoms with E-state index in [9.17, 15) is 17.6 Å². The third kappa shape index (κ3) is 2.84. The van der Waals surface area contributed by atoms with Crippen LogP contribution in [0.1, 0.15) is 16.0 Å². The minimum Gasteiger partial charge on any atom is -0.207 e. The Morgan fingerprint density at radius 2 is 1.42 bits per heavy atom. The van der Waals surface area contributed by atoms with Crippen LogP contribution in [0.2, 0.25) is 0 Å². The quantitative estimate of drug-likeness (QED) is 0.357. The van der Waals surface area contributed by atoms with Crippen molar-refractivity contribution in [3.63, 3.8) is 0 Å². The van der Waals surface area contributed by atoms with Crippen LogP contribution in [-0.4, -0.2) is 0 Å². The highest BCUT2D eigenvalue weighted by Crippen LogP contribution is 2.37. The molecule has 0 saturated carbocycles. The zero-order chi connectivity index (χ0) is 14.2. The zero-order valence-corrected chi connectivity index (χ0v) is 12.4. The lowest BCUT2D eigenvalue weighted by atomic mass is 10.0. The van der Waals surface area contributed by atoms with Gasteiger partial charge >= 0.3 is 0 Å². The lowest BCUT2D eigenvalue weighted by Gasteiger charge is -2.14. The Kier molecular flexibility index (Phi) is 4.30. The van der Waals surface area contributed by atoms with Crippen molar-refractivity contribution in [2.24, 2.45) is 0 Å². The molecule has 0 bridgehead atoms. The van der Waals surface area contributed by atoms with Gasteiger partial charge in [-0.15, -0.1) is 0 Å². The van der Waals surface area contributed by atoms with Crippen LogP contribution in [0.5, 0.6) is 0 Å². The first-order valence-corrected chi connectivity index (χ1v) is 6.85. The summed E-state index contributed by atoms with van der Waals surface area (Å²) in [6.45, 7) is 0. The van der Waals surface area contributed by atoms with Gasteiger partial charge in [-0.2, -0.15) is 0 Å². The third-order valence-electron chi connectivity index (χ3n) is 2.57. The molecule has 1 unspecified atom stereocenters. The number of benzene rings is 2. The molecule has 0 spiro atoms. The van der Waals surface area contributed by atoms with Gasteiger partial charge in [0.15, 0.2) is 0 Å². The minimum absolute atomic E-state index is 0.0533. The molecule has 0 fully saturated rings. The first kappa shape index (κ1) is 14.5. The van der Waals surface area contributed by atoms with E-state index in [1.165, 1.54) is 6.07 Å². The number of alkyl halides is 1. The van der Waals surface area contributed by atoms with Gasteiger partial charge in [-0.25, -0.2) is 17.6 Å². The van der Waals surface area contributed by atoms with Gasteiger partial charge in [0.1, 0.15) is 23.3 Å². The first-order chi connectivity index (χ1) is 8.91. The topological polar surface area (TPSA) is 0 Å². The third-order valence-corrected chi connectivity index (χ3v) is 4.12. The molecule has 0 heterocycles. The molecule has 2 aromatic rings. The van der Waals surface area contributed by atoms with Gasteiger partial charge in [-0.05, 0) is 40.2 Å². The molecule has 0 nitrogen and oxygen atoms in total. The summed E-state index contributed by atoms with van der Waals surface area (Å²) in [4.78, 5) is -1.11. The van der Waals surface area contributed by atoms with Crippen LogP contribution < -0.4 is 0 Å². The van der Waals surface area contributed by atoms with Crippen molar-refractivity contribution in [3.05, 3.63) is 69.2 Å². The number of halogens is 6. The van der Waals surface area contributed by atoms with Crippen molar-refractivity contribution in [2.45, 2.75) is 4.83 Å². The van der Waals surface area contributed by atoms with Crippen LogP contribution in [0, 0.1) is 23.3 Å². The first-order valence-electron chi connectivity index (χ1n) is 5.14. The van der Waals surface area contributed by atoms with Gasteiger partial charge in [0.2, 0.25) is 0 Å². The van der Waals surface area contributed by atoms with E-state index < -0.39 is 28.1 Å². The van der Waals surface area contributed by atoms with Gasteiger partial charge in [0.25, 0.3) is 0 Å². The largest absolute Gasteiger partial charge is 0.207 e. The van der Waals surface area contributed by atoms with Gasteiger partial charge in [-0.3, -0.25) is 0 Å². The Morgan fingerprint density at radius 3 is 2.00 bits per heavy atom. The molecule has 0 radical (unpaired) electrons. The highest BCUT2D eigenvalue weighted by molar-refractivity contribution is 9.10. The molecule has 0 aliphatic rings. The molecular formula is C13H6Br2F4. The van der Waals surface area contributed by atoms with E-state index in [1.807, 2.05) is 0 Å². The summed E-state index contributed by atoms with van der Waals surface area (Å²) in [6.07, 6.45) is 0. The molecule has 100 valence electrons. The van der Waals surface area contributed by atoms with Crippen LogP contribution in [0.15, 0.2) is 34.8 Å². The molecule has 0 aliphatic heterocycles. The molecule has 2 aromatic carbocycles. The second-order valence-corrected chi connectivity index (χ2v) is 5.56. The number of hydrogen-bond donors (Lipinski definition) is 0. The van der Waals surface area contributed by atoms with Crippen LogP contribution in [0.4, 0.5) is 17.6 Å². The summed E-state index contributed by atoms with van der Waals surface area (Å²) in [7, 11) is 0. The van der Waals surface area contributed by atoms with Crippen molar-refractivity contribution >= 4 is 31.9 Å². The second-order valence-electron chi connectivity index (χ2n) is 3.79. The average Bonchev–Trinajstić information content (AvgIpc) is 2.33. The highest BCUT2D eigenvalue weighted by Gasteiger charge is 2.23. The Morgan fingerprint density at radius 1 is 0.842 bits per heavy atom. The van der Waals surface area contributed by atoms with Gasteiger partial charge < -0.3 is 0 Å². The summed E-state index contributed by atoms with van der Waals surface area (Å²) < 4.78 is 54.3. The number of hydrogen-bond acceptors (Lipinski definition) is 0. The molecule has 19 heavy (non-hydrogen) atoms. The van der Waals surface area contributed by atoms with E-state index in [4.69, 9.17) is 0 Å². The van der Waals surface area contributed by atoms with Gasteiger partial charge in [-0.1, -0.05) is 22.0 Å². The Labute approximate surface area is 123 Å². The molecule has 0 amide bonds. The molecule has 0 aliphatic carbocycles. The predicted molar refractivity (Wildman–Crippen MR) is 71.2 cm³/mol. The van der Waals surface area contributed by atoms with Crippen LogP contribution in [-0.2, 0) is 0 Å². The normalized spacial score (nSPS) is 12.5.